The third-order valence-electron chi connectivity index (χ3n) is 8.33. The third-order valence-corrected chi connectivity index (χ3v) is 21.6. The summed E-state index contributed by atoms with van der Waals surface area (Å²) in [5, 5.41) is 3.20. The lowest BCUT2D eigenvalue weighted by Gasteiger charge is -2.07. The average Bonchev–Trinajstić information content (AvgIpc) is 3.82. The van der Waals surface area contributed by atoms with Crippen LogP contribution in [0.15, 0.2) is 77.9 Å². The molecule has 3 aromatic heterocycles. The number of hydrogen-bond acceptors (Lipinski definition) is 6. The Bertz CT molecular complexity index is 2810. The number of fused-ring (bicyclic) bond motifs is 20. The van der Waals surface area contributed by atoms with Crippen LogP contribution in [0, 0.1) is 0 Å². The van der Waals surface area contributed by atoms with Crippen LogP contribution >= 0.6 is 191 Å². The number of rotatable bonds is 0. The van der Waals surface area contributed by atoms with Gasteiger partial charge < -0.3 is 9.97 Å². The maximum Gasteiger partial charge on any atom is 0.165 e. The summed E-state index contributed by atoms with van der Waals surface area (Å²) in [4.78, 5) is 37.8. The first-order chi connectivity index (χ1) is 24.7. The molecule has 0 atom stereocenters. The zero-order valence-corrected chi connectivity index (χ0v) is 43.6. The van der Waals surface area contributed by atoms with Crippen LogP contribution in [0.3, 0.4) is 0 Å². The molecule has 4 aromatic carbocycles. The Morgan fingerprint density at radius 3 is 1.04 bits per heavy atom. The molecule has 5 heterocycles. The second-order valence-electron chi connectivity index (χ2n) is 11.2. The van der Waals surface area contributed by atoms with Gasteiger partial charge in [0.25, 0.3) is 0 Å². The molecule has 0 unspecified atom stereocenters. The molecule has 258 valence electrons. The molecule has 0 saturated heterocycles. The van der Waals surface area contributed by atoms with Crippen LogP contribution in [0.2, 0.25) is 0 Å². The van der Waals surface area contributed by atoms with E-state index in [-0.39, 0.29) is 0 Å². The largest absolute Gasteiger partial charge is 0.324 e. The van der Waals surface area contributed by atoms with Crippen LogP contribution in [0.4, 0.5) is 0 Å². The Kier molecular flexibility index (Phi) is 10.00. The van der Waals surface area contributed by atoms with Gasteiger partial charge in [-0.2, -0.15) is 0 Å². The molecule has 8 bridgehead atoms. The smallest absolute Gasteiger partial charge is 0.165 e. The van der Waals surface area contributed by atoms with Crippen molar-refractivity contribution < 1.29 is 0 Å². The molecule has 0 amide bonds. The van der Waals surface area contributed by atoms with E-state index in [2.05, 4.69) is 201 Å². The molecule has 52 heavy (non-hydrogen) atoms. The highest BCUT2D eigenvalue weighted by atomic mass is 79.9. The summed E-state index contributed by atoms with van der Waals surface area (Å²) in [5.74, 6) is 1.81. The highest BCUT2D eigenvalue weighted by molar-refractivity contribution is 9.15. The molecule has 2 aliphatic rings. The number of benzene rings is 4. The van der Waals surface area contributed by atoms with Crippen molar-refractivity contribution in [1.29, 1.82) is 0 Å². The predicted molar refractivity (Wildman–Crippen MR) is 248 cm³/mol. The normalized spacial score (nSPS) is 12.2. The lowest BCUT2D eigenvalue weighted by atomic mass is 10.1. The average molecular weight is 1460 g/mol. The van der Waals surface area contributed by atoms with E-state index in [1.807, 2.05) is 24.3 Å². The molecular formula is C32H6Br12N8. The minimum Gasteiger partial charge on any atom is -0.324 e. The van der Waals surface area contributed by atoms with E-state index in [1.54, 1.807) is 0 Å². The molecule has 20 heteroatoms. The van der Waals surface area contributed by atoms with Gasteiger partial charge >= 0.3 is 0 Å². The van der Waals surface area contributed by atoms with Gasteiger partial charge in [-0.3, -0.25) is 0 Å². The van der Waals surface area contributed by atoms with Gasteiger partial charge in [0.1, 0.15) is 22.6 Å². The fourth-order valence-electron chi connectivity index (χ4n) is 6.02. The summed E-state index contributed by atoms with van der Waals surface area (Å²) in [6, 6.07) is 7.94. The molecule has 8 nitrogen and oxygen atoms in total. The summed E-state index contributed by atoms with van der Waals surface area (Å²) in [6.45, 7) is 0. The molecule has 0 fully saturated rings. The minimum absolute atomic E-state index is 0.450. The van der Waals surface area contributed by atoms with Gasteiger partial charge in [-0.05, 0) is 215 Å². The van der Waals surface area contributed by atoms with Crippen molar-refractivity contribution in [2.24, 2.45) is 0 Å². The molecule has 2 aliphatic heterocycles. The van der Waals surface area contributed by atoms with E-state index >= 15 is 0 Å². The second-order valence-corrected chi connectivity index (χ2v) is 21.0. The van der Waals surface area contributed by atoms with Gasteiger partial charge in [0.2, 0.25) is 0 Å². The number of aromatic nitrogens is 8. The Morgan fingerprint density at radius 1 is 0.327 bits per heavy atom. The summed E-state index contributed by atoms with van der Waals surface area (Å²) in [6.07, 6.45) is 0. The van der Waals surface area contributed by atoms with Crippen molar-refractivity contribution in [3.05, 3.63) is 77.9 Å². The summed E-state index contributed by atoms with van der Waals surface area (Å²) < 4.78 is 9.72. The van der Waals surface area contributed by atoms with Crippen molar-refractivity contribution in [1.82, 2.24) is 39.9 Å². The van der Waals surface area contributed by atoms with E-state index < -0.39 is 0 Å². The van der Waals surface area contributed by atoms with Crippen LogP contribution in [0.25, 0.3) is 89.7 Å². The molecule has 7 aromatic rings. The standard InChI is InChI=1S/C32H6Br12N8/c33-9-1-5-13(21(41)17(9)37)29-45-25(5)49-30-14-6(2-10(34)18(38)22(14)42)27(46-30)51-32-16-8(4-12(36)20(40)24(16)44)28(48-32)52-31-15-7(26(47-31)50-29)3-11(35)19(39)23(15)43/h1-4H,(H2,45,46,47,48,49,50,51,52). The summed E-state index contributed by atoms with van der Waals surface area (Å²) in [7, 11) is 0. The first-order valence-electron chi connectivity index (χ1n) is 14.3. The van der Waals surface area contributed by atoms with E-state index in [1.165, 1.54) is 0 Å². The minimum atomic E-state index is 0.450. The van der Waals surface area contributed by atoms with Crippen LogP contribution < -0.4 is 0 Å². The van der Waals surface area contributed by atoms with Crippen LogP contribution in [-0.4, -0.2) is 39.9 Å². The van der Waals surface area contributed by atoms with Crippen molar-refractivity contribution in [3.63, 3.8) is 0 Å². The topological polar surface area (TPSA) is 109 Å². The lowest BCUT2D eigenvalue weighted by Crippen LogP contribution is -1.87. The van der Waals surface area contributed by atoms with Crippen molar-refractivity contribution in [2.75, 3.05) is 0 Å². The fraction of sp³-hybridized carbons (Fsp3) is 0. The molecule has 0 radical (unpaired) electrons. The molecule has 9 rings (SSSR count). The highest BCUT2D eigenvalue weighted by Gasteiger charge is 2.29. The van der Waals surface area contributed by atoms with Crippen molar-refractivity contribution in [2.45, 2.75) is 0 Å². The number of nitrogens with one attached hydrogen (secondary N) is 2. The van der Waals surface area contributed by atoms with Crippen LogP contribution in [0.5, 0.6) is 0 Å². The van der Waals surface area contributed by atoms with Crippen LogP contribution in [-0.2, 0) is 0 Å². The van der Waals surface area contributed by atoms with E-state index in [0.29, 0.717) is 45.9 Å². The molecular weight excluding hydrogens is 1460 g/mol. The van der Waals surface area contributed by atoms with E-state index in [4.69, 9.17) is 29.9 Å². The number of aromatic amines is 2. The van der Waals surface area contributed by atoms with Crippen molar-refractivity contribution >= 4 is 235 Å². The highest BCUT2D eigenvalue weighted by Crippen LogP contribution is 2.49. The monoisotopic (exact) mass is 1450 g/mol. The molecule has 0 spiro atoms. The van der Waals surface area contributed by atoms with E-state index in [0.717, 1.165) is 97.5 Å². The van der Waals surface area contributed by atoms with Gasteiger partial charge in [0.15, 0.2) is 23.3 Å². The SMILES string of the molecule is Brc1cc2c(c(Br)c1Br)-c1nc-2nc2[nH]c(nc3nc(nc4[nH]c(n1)c1cc(Br)c(Br)c(Br)c41)-c1cc(Br)c(Br)c(Br)c1-3)c1cc(Br)c(Br)c(Br)c21. The first kappa shape index (κ1) is 37.6. The third kappa shape index (κ3) is 5.79. The Hall–Kier alpha value is 0.000000000000000555. The van der Waals surface area contributed by atoms with Gasteiger partial charge in [0, 0.05) is 97.5 Å². The van der Waals surface area contributed by atoms with Gasteiger partial charge in [-0.25, -0.2) is 29.9 Å². The van der Waals surface area contributed by atoms with Crippen molar-refractivity contribution in [3.8, 4) is 45.6 Å². The molecule has 2 N–H and O–H groups in total. The number of hydrogen-bond donors (Lipinski definition) is 2. The molecule has 0 aliphatic carbocycles. The quantitative estimate of drug-likeness (QED) is 0.146. The zero-order valence-electron chi connectivity index (χ0n) is 24.5. The van der Waals surface area contributed by atoms with E-state index in [9.17, 15) is 0 Å². The van der Waals surface area contributed by atoms with Crippen LogP contribution in [0.1, 0.15) is 0 Å². The Morgan fingerprint density at radius 2 is 0.654 bits per heavy atom. The maximum atomic E-state index is 5.17. The molecule has 0 saturated carbocycles. The van der Waals surface area contributed by atoms with Gasteiger partial charge in [-0.1, -0.05) is 0 Å². The number of halogens is 12. The number of nitrogens with zero attached hydrogens (tertiary/aromatic N) is 6. The maximum absolute atomic E-state index is 5.17. The Labute approximate surface area is 392 Å². The fourth-order valence-corrected chi connectivity index (χ4v) is 12.5. The Balaban J connectivity index is 1.56. The lowest BCUT2D eigenvalue weighted by molar-refractivity contribution is 1.19. The van der Waals surface area contributed by atoms with Gasteiger partial charge in [0.05, 0.1) is 0 Å². The number of H-pyrrole nitrogens is 2. The predicted octanol–water partition coefficient (Wildman–Crippen LogP) is 16.0. The zero-order chi connectivity index (χ0) is 36.7. The summed E-state index contributed by atoms with van der Waals surface area (Å²) >= 11 is 45.0. The summed E-state index contributed by atoms with van der Waals surface area (Å²) in [5.41, 5.74) is 5.25. The first-order valence-corrected chi connectivity index (χ1v) is 23.8. The van der Waals surface area contributed by atoms with Gasteiger partial charge in [-0.15, -0.1) is 0 Å². The second kappa shape index (κ2) is 13.8.